The number of halogens is 2. The number of pyridine rings is 1. The fraction of sp³-hybridized carbons (Fsp3) is 0.120. The number of nitrogens with zero attached hydrogens (tertiary/aromatic N) is 1. The van der Waals surface area contributed by atoms with E-state index in [0.29, 0.717) is 45.1 Å². The standard InChI is InChI=1S/C25H22FN3O4.ClH/c1-31-21-14-17-19(11-12-27-22(17)24(33-3)23(21)32-2)28-16-9-10-18(26)20(13-16)29-25(30)15-7-5-4-6-8-15;/h4-14H,1-3H3,(H,27,28)(H,29,30);1H. The molecule has 9 heteroatoms. The second-order valence-electron chi connectivity index (χ2n) is 7.04. The van der Waals surface area contributed by atoms with E-state index in [9.17, 15) is 9.18 Å². The van der Waals surface area contributed by atoms with E-state index in [0.717, 1.165) is 0 Å². The number of ether oxygens (including phenoxy) is 3. The molecule has 7 nitrogen and oxygen atoms in total. The third-order valence-electron chi connectivity index (χ3n) is 5.07. The molecule has 4 rings (SSSR count). The number of hydrogen-bond acceptors (Lipinski definition) is 6. The molecule has 0 saturated carbocycles. The summed E-state index contributed by atoms with van der Waals surface area (Å²) in [6, 6.07) is 16.6. The molecule has 1 aromatic heterocycles. The summed E-state index contributed by atoms with van der Waals surface area (Å²) in [6.45, 7) is 0. The van der Waals surface area contributed by atoms with E-state index in [1.807, 2.05) is 0 Å². The van der Waals surface area contributed by atoms with E-state index >= 15 is 0 Å². The first-order valence-corrected chi connectivity index (χ1v) is 10.1. The molecule has 0 spiro atoms. The molecule has 2 N–H and O–H groups in total. The molecule has 3 aromatic carbocycles. The maximum Gasteiger partial charge on any atom is 0.255 e. The van der Waals surface area contributed by atoms with Crippen molar-refractivity contribution in [2.75, 3.05) is 32.0 Å². The monoisotopic (exact) mass is 483 g/mol. The molecule has 4 aromatic rings. The number of carbonyl (C=O) groups excluding carboxylic acids is 1. The quantitative estimate of drug-likeness (QED) is 0.345. The van der Waals surface area contributed by atoms with Crippen molar-refractivity contribution in [3.63, 3.8) is 0 Å². The Morgan fingerprint density at radius 2 is 1.62 bits per heavy atom. The van der Waals surface area contributed by atoms with Gasteiger partial charge >= 0.3 is 0 Å². The molecule has 0 aliphatic heterocycles. The zero-order chi connectivity index (χ0) is 23.4. The van der Waals surface area contributed by atoms with E-state index in [2.05, 4.69) is 15.6 Å². The Morgan fingerprint density at radius 3 is 2.29 bits per heavy atom. The lowest BCUT2D eigenvalue weighted by atomic mass is 10.1. The molecule has 0 fully saturated rings. The highest BCUT2D eigenvalue weighted by Gasteiger charge is 2.19. The minimum absolute atomic E-state index is 0. The van der Waals surface area contributed by atoms with Gasteiger partial charge in [0.25, 0.3) is 5.91 Å². The highest BCUT2D eigenvalue weighted by atomic mass is 35.5. The molecule has 176 valence electrons. The van der Waals surface area contributed by atoms with E-state index in [1.54, 1.807) is 54.7 Å². The van der Waals surface area contributed by atoms with Gasteiger partial charge in [-0.05, 0) is 42.5 Å². The fourth-order valence-corrected chi connectivity index (χ4v) is 3.50. The van der Waals surface area contributed by atoms with Gasteiger partial charge in [-0.1, -0.05) is 18.2 Å². The van der Waals surface area contributed by atoms with Crippen molar-refractivity contribution in [1.29, 1.82) is 0 Å². The lowest BCUT2D eigenvalue weighted by Gasteiger charge is -2.17. The number of benzene rings is 3. The lowest BCUT2D eigenvalue weighted by molar-refractivity contribution is 0.102. The molecule has 0 aliphatic carbocycles. The molecule has 1 amide bonds. The van der Waals surface area contributed by atoms with Crippen molar-refractivity contribution >= 4 is 46.3 Å². The van der Waals surface area contributed by atoms with Gasteiger partial charge < -0.3 is 24.8 Å². The van der Waals surface area contributed by atoms with E-state index < -0.39 is 11.7 Å². The first kappa shape index (κ1) is 24.6. The van der Waals surface area contributed by atoms with Crippen LogP contribution in [0.3, 0.4) is 0 Å². The number of anilines is 3. The van der Waals surface area contributed by atoms with Crippen LogP contribution in [0.1, 0.15) is 10.4 Å². The van der Waals surface area contributed by atoms with Crippen LogP contribution in [0.15, 0.2) is 66.9 Å². The SMILES string of the molecule is COc1cc2c(Nc3ccc(F)c(NC(=O)c4ccccc4)c3)ccnc2c(OC)c1OC.Cl. The third kappa shape index (κ3) is 4.82. The van der Waals surface area contributed by atoms with Gasteiger partial charge in [-0.25, -0.2) is 4.39 Å². The van der Waals surface area contributed by atoms with Crippen LogP contribution in [0.5, 0.6) is 17.2 Å². The summed E-state index contributed by atoms with van der Waals surface area (Å²) in [5.41, 5.74) is 2.32. The Hall–Kier alpha value is -4.04. The average molecular weight is 484 g/mol. The zero-order valence-electron chi connectivity index (χ0n) is 18.7. The number of aromatic nitrogens is 1. The summed E-state index contributed by atoms with van der Waals surface area (Å²) >= 11 is 0. The summed E-state index contributed by atoms with van der Waals surface area (Å²) in [5.74, 6) is 0.406. The molecular formula is C25H23ClFN3O4. The van der Waals surface area contributed by atoms with Gasteiger partial charge in [0.1, 0.15) is 11.3 Å². The van der Waals surface area contributed by atoms with Gasteiger partial charge in [-0.2, -0.15) is 0 Å². The van der Waals surface area contributed by atoms with Crippen LogP contribution < -0.4 is 24.8 Å². The van der Waals surface area contributed by atoms with Crippen molar-refractivity contribution < 1.29 is 23.4 Å². The Kier molecular flexibility index (Phi) is 7.75. The van der Waals surface area contributed by atoms with E-state index in [4.69, 9.17) is 14.2 Å². The molecule has 0 aliphatic rings. The normalized spacial score (nSPS) is 10.2. The Labute approximate surface area is 202 Å². The van der Waals surface area contributed by atoms with Gasteiger partial charge in [0, 0.05) is 28.5 Å². The van der Waals surface area contributed by atoms with Crippen molar-refractivity contribution in [3.05, 3.63) is 78.2 Å². The van der Waals surface area contributed by atoms with Gasteiger partial charge in [0.2, 0.25) is 5.75 Å². The molecule has 0 saturated heterocycles. The number of fused-ring (bicyclic) bond motifs is 1. The Morgan fingerprint density at radius 1 is 0.882 bits per heavy atom. The molecular weight excluding hydrogens is 461 g/mol. The minimum atomic E-state index is -0.544. The van der Waals surface area contributed by atoms with Crippen LogP contribution in [0, 0.1) is 5.82 Å². The van der Waals surface area contributed by atoms with Crippen LogP contribution >= 0.6 is 12.4 Å². The Balaban J connectivity index is 0.00000324. The number of carbonyl (C=O) groups is 1. The molecule has 0 radical (unpaired) electrons. The number of hydrogen-bond donors (Lipinski definition) is 2. The number of rotatable bonds is 7. The first-order chi connectivity index (χ1) is 16.0. The van der Waals surface area contributed by atoms with Crippen LogP contribution in [-0.2, 0) is 0 Å². The van der Waals surface area contributed by atoms with Crippen LogP contribution in [0.2, 0.25) is 0 Å². The number of methoxy groups -OCH3 is 3. The van der Waals surface area contributed by atoms with Gasteiger partial charge in [0.05, 0.1) is 27.0 Å². The summed E-state index contributed by atoms with van der Waals surface area (Å²) in [4.78, 5) is 16.9. The van der Waals surface area contributed by atoms with Crippen molar-refractivity contribution in [3.8, 4) is 17.2 Å². The summed E-state index contributed by atoms with van der Waals surface area (Å²) < 4.78 is 30.8. The largest absolute Gasteiger partial charge is 0.493 e. The maximum atomic E-state index is 14.4. The lowest BCUT2D eigenvalue weighted by Crippen LogP contribution is -2.13. The van der Waals surface area contributed by atoms with Crippen LogP contribution in [-0.4, -0.2) is 32.2 Å². The van der Waals surface area contributed by atoms with Gasteiger partial charge in [-0.15, -0.1) is 12.4 Å². The highest BCUT2D eigenvalue weighted by molar-refractivity contribution is 6.04. The van der Waals surface area contributed by atoms with E-state index in [1.165, 1.54) is 33.5 Å². The van der Waals surface area contributed by atoms with Crippen molar-refractivity contribution in [1.82, 2.24) is 4.98 Å². The second-order valence-corrected chi connectivity index (χ2v) is 7.04. The smallest absolute Gasteiger partial charge is 0.255 e. The minimum Gasteiger partial charge on any atom is -0.493 e. The Bertz CT molecular complexity index is 1320. The maximum absolute atomic E-state index is 14.4. The zero-order valence-corrected chi connectivity index (χ0v) is 19.5. The third-order valence-corrected chi connectivity index (χ3v) is 5.07. The molecule has 0 unspecified atom stereocenters. The van der Waals surface area contributed by atoms with E-state index in [-0.39, 0.29) is 18.1 Å². The van der Waals surface area contributed by atoms with Crippen LogP contribution in [0.25, 0.3) is 10.9 Å². The molecule has 0 atom stereocenters. The van der Waals surface area contributed by atoms with Crippen molar-refractivity contribution in [2.45, 2.75) is 0 Å². The van der Waals surface area contributed by atoms with Crippen LogP contribution in [0.4, 0.5) is 21.5 Å². The predicted molar refractivity (Wildman–Crippen MR) is 133 cm³/mol. The fourth-order valence-electron chi connectivity index (χ4n) is 3.50. The molecule has 1 heterocycles. The first-order valence-electron chi connectivity index (χ1n) is 10.1. The van der Waals surface area contributed by atoms with Gasteiger partial charge in [-0.3, -0.25) is 9.78 Å². The number of amides is 1. The summed E-state index contributed by atoms with van der Waals surface area (Å²) in [5, 5.41) is 6.59. The highest BCUT2D eigenvalue weighted by Crippen LogP contribution is 2.44. The predicted octanol–water partition coefficient (Wildman–Crippen LogP) is 5.82. The number of nitrogens with one attached hydrogen (secondary N) is 2. The average Bonchev–Trinajstić information content (AvgIpc) is 2.85. The molecule has 0 bridgehead atoms. The summed E-state index contributed by atoms with van der Waals surface area (Å²) in [7, 11) is 4.59. The topological polar surface area (TPSA) is 81.7 Å². The van der Waals surface area contributed by atoms with Gasteiger partial charge in [0.15, 0.2) is 11.5 Å². The molecule has 34 heavy (non-hydrogen) atoms. The second kappa shape index (κ2) is 10.7. The van der Waals surface area contributed by atoms with Crippen molar-refractivity contribution in [2.24, 2.45) is 0 Å². The summed E-state index contributed by atoms with van der Waals surface area (Å²) in [6.07, 6.45) is 1.63.